The Kier molecular flexibility index (Phi) is 33.0. The minimum Gasteiger partial charge on any atom is -0.461 e. The van der Waals surface area contributed by atoms with Crippen LogP contribution in [0.25, 0.3) is 0 Å². The van der Waals surface area contributed by atoms with Crippen LogP contribution in [0, 0.1) is 58.2 Å². The first-order valence-electron chi connectivity index (χ1n) is 41.1. The van der Waals surface area contributed by atoms with Crippen molar-refractivity contribution in [2.75, 3.05) is 75.3 Å². The zero-order valence-electron chi connectivity index (χ0n) is 69.4. The summed E-state index contributed by atoms with van der Waals surface area (Å²) in [7, 11) is 10.2. The lowest BCUT2D eigenvalue weighted by molar-refractivity contribution is -0.265. The molecule has 1 saturated carbocycles. The highest BCUT2D eigenvalue weighted by molar-refractivity contribution is 6.47. The zero-order chi connectivity index (χ0) is 82.3. The summed E-state index contributed by atoms with van der Waals surface area (Å²) in [6.07, 6.45) is 13.4. The van der Waals surface area contributed by atoms with Gasteiger partial charge in [-0.3, -0.25) is 47.9 Å². The summed E-state index contributed by atoms with van der Waals surface area (Å²) in [4.78, 5) is 164. The number of carbonyl (C=O) groups is 11. The summed E-state index contributed by atoms with van der Waals surface area (Å²) >= 11 is 0. The van der Waals surface area contributed by atoms with Gasteiger partial charge in [0.1, 0.15) is 36.2 Å². The van der Waals surface area contributed by atoms with Gasteiger partial charge in [-0.15, -0.1) is 0 Å². The fourth-order valence-corrected chi connectivity index (χ4v) is 18.7. The normalized spacial score (nSPS) is 34.7. The van der Waals surface area contributed by atoms with Crippen LogP contribution >= 0.6 is 0 Å². The van der Waals surface area contributed by atoms with E-state index in [1.165, 1.54) is 26.0 Å². The molecule has 2 N–H and O–H groups in total. The van der Waals surface area contributed by atoms with Gasteiger partial charge in [-0.1, -0.05) is 104 Å². The predicted molar refractivity (Wildman–Crippen MR) is 416 cm³/mol. The van der Waals surface area contributed by atoms with Crippen molar-refractivity contribution in [3.8, 4) is 0 Å². The lowest BCUT2D eigenvalue weighted by atomic mass is 9.50. The first kappa shape index (κ1) is 90.8. The quantitative estimate of drug-likeness (QED) is 0.0316. The number of aliphatic hydroxyl groups excluding tert-OH is 1. The number of piperidine rings is 1. The number of allylic oxidation sites excluding steroid dienone is 7. The maximum atomic E-state index is 14.9. The molecule has 8 aliphatic rings. The first-order valence-corrected chi connectivity index (χ1v) is 41.1. The van der Waals surface area contributed by atoms with Crippen molar-refractivity contribution >= 4 is 64.7 Å². The number of aliphatic hydroxyl groups is 2. The number of nitrogens with zero attached hydrogens (tertiary/aromatic N) is 3. The van der Waals surface area contributed by atoms with Gasteiger partial charge in [0.05, 0.1) is 36.8 Å². The number of carbonyl (C=O) groups excluding carboxylic acids is 11. The van der Waals surface area contributed by atoms with Gasteiger partial charge in [0.25, 0.3) is 11.7 Å². The van der Waals surface area contributed by atoms with Crippen molar-refractivity contribution in [1.82, 2.24) is 14.7 Å². The second-order valence-corrected chi connectivity index (χ2v) is 34.3. The third kappa shape index (κ3) is 21.9. The van der Waals surface area contributed by atoms with Gasteiger partial charge in [0, 0.05) is 114 Å². The molecule has 0 aromatic heterocycles. The zero-order valence-corrected chi connectivity index (χ0v) is 69.4. The number of hydrogen-bond donors (Lipinski definition) is 2. The Hall–Kier alpha value is -6.71. The van der Waals surface area contributed by atoms with Crippen LogP contribution in [0.4, 0.5) is 0 Å². The van der Waals surface area contributed by atoms with Crippen molar-refractivity contribution in [3.63, 3.8) is 0 Å². The maximum Gasteiger partial charge on any atom is 0.329 e. The number of fused-ring (bicyclic) bond motifs is 7. The molecule has 0 aromatic rings. The Morgan fingerprint density at radius 2 is 1.44 bits per heavy atom. The highest BCUT2D eigenvalue weighted by atomic mass is 16.6. The molecule has 2 bridgehead atoms. The average molecular weight is 1570 g/mol. The van der Waals surface area contributed by atoms with E-state index in [4.69, 9.17) is 42.6 Å². The summed E-state index contributed by atoms with van der Waals surface area (Å²) in [6.45, 7) is 19.0. The number of unbranched alkanes of at least 4 members (excludes halogenated alkanes) is 3. The molecule has 25 heteroatoms. The van der Waals surface area contributed by atoms with E-state index in [1.807, 2.05) is 90.2 Å². The van der Waals surface area contributed by atoms with Crippen LogP contribution in [0.2, 0.25) is 0 Å². The number of rotatable bonds is 23. The van der Waals surface area contributed by atoms with Crippen molar-refractivity contribution in [2.45, 2.75) is 277 Å². The van der Waals surface area contributed by atoms with E-state index in [9.17, 15) is 63.0 Å². The summed E-state index contributed by atoms with van der Waals surface area (Å²) in [5.41, 5.74) is -0.219. The molecule has 0 spiro atoms. The number of ketones is 5. The monoisotopic (exact) mass is 1570 g/mol. The third-order valence-electron chi connectivity index (χ3n) is 25.3. The van der Waals surface area contributed by atoms with Crippen LogP contribution in [-0.4, -0.2) is 232 Å². The Balaban J connectivity index is 0.971. The highest BCUT2D eigenvalue weighted by Crippen LogP contribution is 2.62. The fourth-order valence-electron chi connectivity index (χ4n) is 18.7. The topological polar surface area (TPSA) is 321 Å². The summed E-state index contributed by atoms with van der Waals surface area (Å²) in [5.74, 6) is -14.8. The largest absolute Gasteiger partial charge is 0.461 e. The molecular formula is C87H129N3O22. The summed E-state index contributed by atoms with van der Waals surface area (Å²) in [5, 5.41) is 22.5. The molecule has 8 rings (SSSR count). The van der Waals surface area contributed by atoms with E-state index in [2.05, 4.69) is 4.90 Å². The lowest BCUT2D eigenvalue weighted by Gasteiger charge is -2.56. The van der Waals surface area contributed by atoms with Gasteiger partial charge in [-0.2, -0.15) is 0 Å². The molecule has 112 heavy (non-hydrogen) atoms. The minimum atomic E-state index is -2.49. The molecule has 19 atom stereocenters. The van der Waals surface area contributed by atoms with Crippen molar-refractivity contribution in [1.29, 1.82) is 0 Å². The van der Waals surface area contributed by atoms with E-state index in [0.717, 1.165) is 31.4 Å². The van der Waals surface area contributed by atoms with Crippen LogP contribution < -0.4 is 0 Å². The molecule has 2 unspecified atom stereocenters. The Morgan fingerprint density at radius 1 is 0.750 bits per heavy atom. The molecule has 4 aliphatic carbocycles. The van der Waals surface area contributed by atoms with E-state index < -0.39 is 160 Å². The van der Waals surface area contributed by atoms with Gasteiger partial charge in [0.15, 0.2) is 18.0 Å². The van der Waals surface area contributed by atoms with Gasteiger partial charge in [-0.25, -0.2) is 4.79 Å². The van der Waals surface area contributed by atoms with Gasteiger partial charge >= 0.3 is 29.8 Å². The molecule has 3 saturated heterocycles. The number of ether oxygens (including phenoxy) is 9. The number of esters is 5. The second kappa shape index (κ2) is 40.7. The summed E-state index contributed by atoms with van der Waals surface area (Å²) < 4.78 is 55.0. The van der Waals surface area contributed by atoms with Crippen LogP contribution in [-0.2, 0) is 95.4 Å². The highest BCUT2D eigenvalue weighted by Gasteiger charge is 2.68. The number of cyclic esters (lactones) is 2. The number of hydrogen-bond acceptors (Lipinski definition) is 24. The predicted octanol–water partition coefficient (Wildman–Crippen LogP) is 10.2. The van der Waals surface area contributed by atoms with Crippen molar-refractivity contribution in [2.24, 2.45) is 58.2 Å². The van der Waals surface area contributed by atoms with Crippen LogP contribution in [0.1, 0.15) is 210 Å². The minimum absolute atomic E-state index is 0.00784. The molecule has 624 valence electrons. The Morgan fingerprint density at radius 3 is 2.09 bits per heavy atom. The van der Waals surface area contributed by atoms with Crippen LogP contribution in [0.3, 0.4) is 0 Å². The van der Waals surface area contributed by atoms with E-state index in [1.54, 1.807) is 47.8 Å². The van der Waals surface area contributed by atoms with Gasteiger partial charge in [0.2, 0.25) is 17.4 Å². The molecule has 4 aliphatic heterocycles. The molecule has 1 amide bonds. The second-order valence-electron chi connectivity index (χ2n) is 34.3. The molecule has 0 aromatic carbocycles. The van der Waals surface area contributed by atoms with E-state index in [-0.39, 0.29) is 99.5 Å². The van der Waals surface area contributed by atoms with Gasteiger partial charge in [-0.05, 0) is 178 Å². The fraction of sp³-hybridized carbons (Fsp3) is 0.736. The van der Waals surface area contributed by atoms with Crippen molar-refractivity contribution < 1.29 is 106 Å². The van der Waals surface area contributed by atoms with Crippen LogP contribution in [0.5, 0.6) is 0 Å². The SMILES string of the molecule is COC[C@H]1OC(=O)C(CN(C)CCCN(C)C)C2C(=O)C(=O)C3=C([C@H](OC(C)=O)C[C@@]4(C)C3=CC[C@@H]4OC(=O)CCCCCCC(=O)O[C@@H]3C(C)=C[C@@H](C)C(=O)C[C@@H]([C@H](C)CC4CCC(O)CC4)OC(=O)[C@@H]4CCCCN4C(=O)C(=O)[C@]4(O)O[C@@H](CC[C@H]4C)C[C@H](OC)C(C)=CC=CC=C[C@@H](C)C[C@@H](C)C(=O)[C@@H]3OC)[C@]21C. The maximum absolute atomic E-state index is 14.9. The molecular weight excluding hydrogens is 1440 g/mol. The van der Waals surface area contributed by atoms with E-state index in [0.29, 0.717) is 100 Å². The molecule has 0 radical (unpaired) electrons. The van der Waals surface area contributed by atoms with Crippen LogP contribution in [0.15, 0.2) is 70.4 Å². The Bertz CT molecular complexity index is 3580. The standard InChI is InChI=1S/C87H129N3O22/c1-51-27-20-19-21-28-52(2)66(105-15)46-61-37-32-57(7)87(103,112-61)81(99)82(100)90-42-25-24-29-64(90)84(102)108-67(54(4)45-59-33-35-60(92)36-34-59)47-65(93)53(3)44-56(6)79(80(106-16)76(96)55(5)43-51)111-72(95)31-23-18-17-22-30-71(94)109-69-39-38-63-73-75(68(107-58(8)91)48-85(63,69)9)86(10)70(50-104-14)110-83(101)62(74(86)78(98)77(73)97)49-89(13)41-26-40-88(11)12/h19-21,27-28,38,44,51,53-55,57,59-62,64,66-70,74,79-80,92,103H,17-18,22-26,29-37,39-43,45-50H2,1-16H3/t51-,53-,54-,55-,57-,59?,60?,61+,62?,64+,66+,67+,68-,69+,70-,74?,79-,80+,85+,86+,87-/m1/s1. The molecule has 4 fully saturated rings. The first-order chi connectivity index (χ1) is 53.0. The smallest absolute Gasteiger partial charge is 0.329 e. The number of methoxy groups -OCH3 is 3. The summed E-state index contributed by atoms with van der Waals surface area (Å²) in [6, 6.07) is -1.21. The van der Waals surface area contributed by atoms with Crippen molar-refractivity contribution in [3.05, 3.63) is 70.4 Å². The Labute approximate surface area is 663 Å². The van der Waals surface area contributed by atoms with E-state index >= 15 is 0 Å². The third-order valence-corrected chi connectivity index (χ3v) is 25.3. The number of amides is 1. The average Bonchev–Trinajstić information content (AvgIpc) is 1.19. The number of Topliss-reactive ketones (excluding diaryl/α,β-unsaturated/α-hetero) is 5. The molecule has 25 nitrogen and oxygen atoms in total. The molecule has 4 heterocycles. The lowest BCUT2D eigenvalue weighted by Crippen LogP contribution is -2.65. The van der Waals surface area contributed by atoms with Gasteiger partial charge < -0.3 is 67.5 Å².